The predicted octanol–water partition coefficient (Wildman–Crippen LogP) is 4.40. The van der Waals surface area contributed by atoms with Crippen LogP contribution in [0, 0.1) is 13.8 Å². The second-order valence-corrected chi connectivity index (χ2v) is 4.87. The minimum Gasteiger partial charge on any atom is -0.384 e. The normalized spacial score (nSPS) is 13.3. The fourth-order valence-corrected chi connectivity index (χ4v) is 2.01. The van der Waals surface area contributed by atoms with Gasteiger partial charge in [-0.05, 0) is 48.2 Å². The van der Waals surface area contributed by atoms with Gasteiger partial charge in [0.2, 0.25) is 0 Å². The van der Waals surface area contributed by atoms with Crippen LogP contribution in [-0.4, -0.2) is 5.11 Å². The van der Waals surface area contributed by atoms with Crippen molar-refractivity contribution in [2.75, 3.05) is 0 Å². The molecule has 0 aromatic heterocycles. The predicted molar refractivity (Wildman–Crippen MR) is 71.4 cm³/mol. The summed E-state index contributed by atoms with van der Waals surface area (Å²) in [4.78, 5) is 0. The third kappa shape index (κ3) is 3.02. The van der Waals surface area contributed by atoms with Gasteiger partial charge in [-0.1, -0.05) is 30.3 Å². The first kappa shape index (κ1) is 14.6. The minimum absolute atomic E-state index is 0.239. The number of benzene rings is 2. The van der Waals surface area contributed by atoms with Crippen molar-refractivity contribution in [3.05, 3.63) is 70.3 Å². The lowest BCUT2D eigenvalue weighted by molar-refractivity contribution is -0.137. The summed E-state index contributed by atoms with van der Waals surface area (Å²) in [7, 11) is 0. The number of aryl methyl sites for hydroxylation is 2. The molecule has 0 heterocycles. The molecule has 0 amide bonds. The maximum atomic E-state index is 12.7. The standard InChI is InChI=1S/C16H15F3O/c1-10-6-7-13(8-11(10)2)15(20)12-4-3-5-14(9-12)16(17,18)19/h3-9,15,20H,1-2H3. The highest BCUT2D eigenvalue weighted by molar-refractivity contribution is 5.37. The number of hydrogen-bond donors (Lipinski definition) is 1. The number of alkyl halides is 3. The van der Waals surface area contributed by atoms with Crippen molar-refractivity contribution in [2.45, 2.75) is 26.1 Å². The van der Waals surface area contributed by atoms with Crippen molar-refractivity contribution < 1.29 is 18.3 Å². The maximum Gasteiger partial charge on any atom is 0.416 e. The van der Waals surface area contributed by atoms with Crippen LogP contribution in [0.25, 0.3) is 0 Å². The zero-order valence-corrected chi connectivity index (χ0v) is 11.2. The smallest absolute Gasteiger partial charge is 0.384 e. The Morgan fingerprint density at radius 2 is 1.55 bits per heavy atom. The van der Waals surface area contributed by atoms with E-state index >= 15 is 0 Å². The molecule has 0 bridgehead atoms. The molecule has 1 nitrogen and oxygen atoms in total. The molecule has 1 unspecified atom stereocenters. The summed E-state index contributed by atoms with van der Waals surface area (Å²) in [5.74, 6) is 0. The van der Waals surface area contributed by atoms with Gasteiger partial charge in [0.05, 0.1) is 5.56 Å². The Morgan fingerprint density at radius 1 is 0.900 bits per heavy atom. The Balaban J connectivity index is 2.38. The lowest BCUT2D eigenvalue weighted by atomic mass is 9.97. The lowest BCUT2D eigenvalue weighted by Crippen LogP contribution is -2.07. The van der Waals surface area contributed by atoms with E-state index in [4.69, 9.17) is 0 Å². The van der Waals surface area contributed by atoms with E-state index in [0.717, 1.165) is 23.3 Å². The monoisotopic (exact) mass is 280 g/mol. The van der Waals surface area contributed by atoms with E-state index in [1.165, 1.54) is 12.1 Å². The molecule has 0 radical (unpaired) electrons. The Labute approximate surface area is 115 Å². The largest absolute Gasteiger partial charge is 0.416 e. The van der Waals surface area contributed by atoms with Gasteiger partial charge in [-0.15, -0.1) is 0 Å². The fourth-order valence-electron chi connectivity index (χ4n) is 2.01. The molecule has 20 heavy (non-hydrogen) atoms. The third-order valence-corrected chi connectivity index (χ3v) is 3.38. The average molecular weight is 280 g/mol. The van der Waals surface area contributed by atoms with Crippen LogP contribution in [0.15, 0.2) is 42.5 Å². The summed E-state index contributed by atoms with van der Waals surface area (Å²) in [5.41, 5.74) is 2.15. The Morgan fingerprint density at radius 3 is 2.15 bits per heavy atom. The number of hydrogen-bond acceptors (Lipinski definition) is 1. The summed E-state index contributed by atoms with van der Waals surface area (Å²) >= 11 is 0. The lowest BCUT2D eigenvalue weighted by Gasteiger charge is -2.15. The summed E-state index contributed by atoms with van der Waals surface area (Å²) in [5, 5.41) is 10.2. The molecule has 2 aromatic rings. The summed E-state index contributed by atoms with van der Waals surface area (Å²) in [6, 6.07) is 10.2. The molecular weight excluding hydrogens is 265 g/mol. The first-order valence-electron chi connectivity index (χ1n) is 6.21. The quantitative estimate of drug-likeness (QED) is 0.864. The van der Waals surface area contributed by atoms with Crippen LogP contribution in [0.1, 0.15) is 33.9 Å². The molecular formula is C16H15F3O. The number of rotatable bonds is 2. The van der Waals surface area contributed by atoms with Gasteiger partial charge in [-0.25, -0.2) is 0 Å². The first-order chi connectivity index (χ1) is 9.29. The zero-order valence-electron chi connectivity index (χ0n) is 11.2. The first-order valence-corrected chi connectivity index (χ1v) is 6.21. The molecule has 2 aromatic carbocycles. The molecule has 0 spiro atoms. The highest BCUT2D eigenvalue weighted by atomic mass is 19.4. The van der Waals surface area contributed by atoms with E-state index in [1.807, 2.05) is 19.9 Å². The minimum atomic E-state index is -4.40. The topological polar surface area (TPSA) is 20.2 Å². The van der Waals surface area contributed by atoms with Gasteiger partial charge in [0.15, 0.2) is 0 Å². The molecule has 1 N–H and O–H groups in total. The van der Waals surface area contributed by atoms with Gasteiger partial charge < -0.3 is 5.11 Å². The Bertz CT molecular complexity index is 617. The average Bonchev–Trinajstić information content (AvgIpc) is 2.40. The summed E-state index contributed by atoms with van der Waals surface area (Å²) in [6.07, 6.45) is -5.46. The van der Waals surface area contributed by atoms with E-state index in [9.17, 15) is 18.3 Å². The van der Waals surface area contributed by atoms with Crippen LogP contribution in [0.4, 0.5) is 13.2 Å². The van der Waals surface area contributed by atoms with Crippen molar-refractivity contribution in [3.8, 4) is 0 Å². The summed E-state index contributed by atoms with van der Waals surface area (Å²) < 4.78 is 38.0. The number of aliphatic hydroxyl groups is 1. The molecule has 4 heteroatoms. The van der Waals surface area contributed by atoms with E-state index in [-0.39, 0.29) is 5.56 Å². The number of halogens is 3. The van der Waals surface area contributed by atoms with Gasteiger partial charge in [-0.3, -0.25) is 0 Å². The SMILES string of the molecule is Cc1ccc(C(O)c2cccc(C(F)(F)F)c2)cc1C. The van der Waals surface area contributed by atoms with Crippen LogP contribution in [0.3, 0.4) is 0 Å². The van der Waals surface area contributed by atoms with Gasteiger partial charge in [0.25, 0.3) is 0 Å². The van der Waals surface area contributed by atoms with Crippen LogP contribution in [-0.2, 0) is 6.18 Å². The van der Waals surface area contributed by atoms with Crippen LogP contribution in [0.5, 0.6) is 0 Å². The molecule has 0 fully saturated rings. The van der Waals surface area contributed by atoms with Crippen molar-refractivity contribution in [1.82, 2.24) is 0 Å². The summed E-state index contributed by atoms with van der Waals surface area (Å²) in [6.45, 7) is 3.84. The Kier molecular flexibility index (Phi) is 3.86. The van der Waals surface area contributed by atoms with Gasteiger partial charge in [-0.2, -0.15) is 13.2 Å². The van der Waals surface area contributed by atoms with E-state index in [1.54, 1.807) is 12.1 Å². The number of aliphatic hydroxyl groups excluding tert-OH is 1. The molecule has 0 aliphatic carbocycles. The maximum absolute atomic E-state index is 12.7. The van der Waals surface area contributed by atoms with E-state index in [2.05, 4.69) is 0 Å². The van der Waals surface area contributed by atoms with E-state index in [0.29, 0.717) is 5.56 Å². The second-order valence-electron chi connectivity index (χ2n) is 4.87. The van der Waals surface area contributed by atoms with Crippen molar-refractivity contribution in [2.24, 2.45) is 0 Å². The molecule has 0 saturated carbocycles. The molecule has 0 saturated heterocycles. The highest BCUT2D eigenvalue weighted by Gasteiger charge is 2.30. The zero-order chi connectivity index (χ0) is 14.9. The molecule has 0 aliphatic heterocycles. The van der Waals surface area contributed by atoms with E-state index < -0.39 is 17.8 Å². The van der Waals surface area contributed by atoms with Gasteiger partial charge in [0.1, 0.15) is 6.10 Å². The molecule has 2 rings (SSSR count). The van der Waals surface area contributed by atoms with Crippen LogP contribution < -0.4 is 0 Å². The van der Waals surface area contributed by atoms with Crippen LogP contribution >= 0.6 is 0 Å². The van der Waals surface area contributed by atoms with Gasteiger partial charge >= 0.3 is 6.18 Å². The molecule has 0 aliphatic rings. The Hall–Kier alpha value is -1.81. The van der Waals surface area contributed by atoms with Crippen LogP contribution in [0.2, 0.25) is 0 Å². The third-order valence-electron chi connectivity index (χ3n) is 3.38. The fraction of sp³-hybridized carbons (Fsp3) is 0.250. The van der Waals surface area contributed by atoms with Gasteiger partial charge in [0, 0.05) is 0 Å². The highest BCUT2D eigenvalue weighted by Crippen LogP contribution is 2.32. The van der Waals surface area contributed by atoms with Crippen molar-refractivity contribution in [1.29, 1.82) is 0 Å². The second kappa shape index (κ2) is 5.29. The van der Waals surface area contributed by atoms with Crippen molar-refractivity contribution >= 4 is 0 Å². The molecule has 106 valence electrons. The van der Waals surface area contributed by atoms with Crippen molar-refractivity contribution in [3.63, 3.8) is 0 Å². The molecule has 1 atom stereocenters.